The minimum Gasteiger partial charge on any atom is -0.322 e. The Balaban J connectivity index is 2.43. The Morgan fingerprint density at radius 2 is 2.00 bits per heavy atom. The van der Waals surface area contributed by atoms with Crippen LogP contribution in [0.4, 0.5) is 0 Å². The summed E-state index contributed by atoms with van der Waals surface area (Å²) in [7, 11) is 0. The third-order valence-corrected chi connectivity index (χ3v) is 1.26. The third kappa shape index (κ3) is 2.19. The first-order chi connectivity index (χ1) is 4.93. The van der Waals surface area contributed by atoms with Crippen molar-refractivity contribution < 1.29 is 0 Å². The molecule has 0 aromatic heterocycles. The standard InChI is InChI=1S/C9H10N/c10-8-4-7-9-5-2-1-3-6-9/h1-3,5-7H,4,10H2. The summed E-state index contributed by atoms with van der Waals surface area (Å²) < 4.78 is 0. The first kappa shape index (κ1) is 7.29. The lowest BCUT2D eigenvalue weighted by molar-refractivity contribution is 1.09. The van der Waals surface area contributed by atoms with E-state index in [-0.39, 0.29) is 0 Å². The maximum Gasteiger partial charge on any atom is 0.0563 e. The first-order valence-corrected chi connectivity index (χ1v) is 3.25. The van der Waals surface area contributed by atoms with E-state index in [9.17, 15) is 0 Å². The number of benzene rings is 1. The Kier molecular flexibility index (Phi) is 2.97. The van der Waals surface area contributed by atoms with E-state index in [1.54, 1.807) is 0 Å². The highest BCUT2D eigenvalue weighted by Gasteiger charge is 1.88. The molecule has 1 rings (SSSR count). The molecule has 0 heterocycles. The van der Waals surface area contributed by atoms with Crippen LogP contribution in [0.2, 0.25) is 0 Å². The fourth-order valence-electron chi connectivity index (χ4n) is 0.766. The highest BCUT2D eigenvalue weighted by atomic mass is 14.5. The maximum absolute atomic E-state index is 5.10. The Hall–Kier alpha value is -0.820. The van der Waals surface area contributed by atoms with Gasteiger partial charge in [-0.1, -0.05) is 30.3 Å². The Morgan fingerprint density at radius 3 is 2.60 bits per heavy atom. The van der Waals surface area contributed by atoms with Gasteiger partial charge in [0.25, 0.3) is 0 Å². The van der Waals surface area contributed by atoms with Gasteiger partial charge in [0.15, 0.2) is 0 Å². The van der Waals surface area contributed by atoms with Gasteiger partial charge in [0.2, 0.25) is 0 Å². The molecule has 3 radical (unpaired) electrons. The minimum absolute atomic E-state index is 0.712. The minimum atomic E-state index is 0.712. The molecular weight excluding hydrogens is 122 g/mol. The van der Waals surface area contributed by atoms with E-state index in [2.05, 4.69) is 6.54 Å². The Labute approximate surface area is 61.9 Å². The van der Waals surface area contributed by atoms with Crippen molar-refractivity contribution in [2.75, 3.05) is 0 Å². The number of rotatable bonds is 3. The van der Waals surface area contributed by atoms with Gasteiger partial charge in [-0.3, -0.25) is 0 Å². The molecule has 0 saturated carbocycles. The van der Waals surface area contributed by atoms with Crippen LogP contribution in [-0.4, -0.2) is 0 Å². The van der Waals surface area contributed by atoms with Crippen molar-refractivity contribution in [3.05, 3.63) is 48.9 Å². The second kappa shape index (κ2) is 4.07. The quantitative estimate of drug-likeness (QED) is 0.621. The van der Waals surface area contributed by atoms with Crippen molar-refractivity contribution in [2.45, 2.75) is 6.42 Å². The second-order valence-corrected chi connectivity index (χ2v) is 2.02. The SMILES string of the molecule is N[C]C[CH]c1ccccc1. The van der Waals surface area contributed by atoms with Crippen LogP contribution >= 0.6 is 0 Å². The van der Waals surface area contributed by atoms with Crippen LogP contribution in [0.5, 0.6) is 0 Å². The zero-order chi connectivity index (χ0) is 7.23. The van der Waals surface area contributed by atoms with Crippen LogP contribution in [0.15, 0.2) is 30.3 Å². The van der Waals surface area contributed by atoms with Gasteiger partial charge in [-0.15, -0.1) is 0 Å². The molecule has 0 saturated heterocycles. The molecule has 0 aliphatic carbocycles. The summed E-state index contributed by atoms with van der Waals surface area (Å²) in [6.07, 6.45) is 2.74. The van der Waals surface area contributed by atoms with Gasteiger partial charge in [-0.2, -0.15) is 0 Å². The number of hydrogen-bond acceptors (Lipinski definition) is 1. The lowest BCUT2D eigenvalue weighted by Crippen LogP contribution is -1.90. The lowest BCUT2D eigenvalue weighted by atomic mass is 10.1. The molecule has 0 spiro atoms. The molecule has 1 nitrogen and oxygen atoms in total. The molecule has 1 aromatic carbocycles. The summed E-state index contributed by atoms with van der Waals surface area (Å²) in [6.45, 7) is 2.56. The third-order valence-electron chi connectivity index (χ3n) is 1.26. The van der Waals surface area contributed by atoms with Crippen LogP contribution in [-0.2, 0) is 0 Å². The molecule has 0 aliphatic heterocycles. The predicted molar refractivity (Wildman–Crippen MR) is 41.9 cm³/mol. The summed E-state index contributed by atoms with van der Waals surface area (Å²) in [5.74, 6) is 0. The van der Waals surface area contributed by atoms with Crippen LogP contribution < -0.4 is 5.73 Å². The zero-order valence-corrected chi connectivity index (χ0v) is 5.75. The average Bonchev–Trinajstić information content (AvgIpc) is 2.03. The summed E-state index contributed by atoms with van der Waals surface area (Å²) in [5.41, 5.74) is 6.29. The Morgan fingerprint density at radius 1 is 1.30 bits per heavy atom. The van der Waals surface area contributed by atoms with Crippen LogP contribution in [0.25, 0.3) is 0 Å². The van der Waals surface area contributed by atoms with E-state index in [4.69, 9.17) is 5.73 Å². The molecule has 0 amide bonds. The van der Waals surface area contributed by atoms with Gasteiger partial charge in [0.05, 0.1) is 6.54 Å². The molecule has 1 heteroatoms. The molecule has 0 fully saturated rings. The molecule has 2 N–H and O–H groups in total. The normalized spacial score (nSPS) is 9.70. The van der Waals surface area contributed by atoms with E-state index in [1.807, 2.05) is 36.8 Å². The van der Waals surface area contributed by atoms with Gasteiger partial charge in [-0.25, -0.2) is 0 Å². The van der Waals surface area contributed by atoms with Crippen molar-refractivity contribution >= 4 is 0 Å². The molecular formula is C9H10N. The van der Waals surface area contributed by atoms with Gasteiger partial charge >= 0.3 is 0 Å². The van der Waals surface area contributed by atoms with Crippen molar-refractivity contribution in [3.63, 3.8) is 0 Å². The van der Waals surface area contributed by atoms with Crippen LogP contribution in [0.3, 0.4) is 0 Å². The largest absolute Gasteiger partial charge is 0.322 e. The molecule has 0 bridgehead atoms. The van der Waals surface area contributed by atoms with E-state index in [1.165, 1.54) is 5.56 Å². The molecule has 10 heavy (non-hydrogen) atoms. The average molecular weight is 132 g/mol. The summed E-state index contributed by atoms with van der Waals surface area (Å²) >= 11 is 0. The maximum atomic E-state index is 5.10. The number of hydrogen-bond donors (Lipinski definition) is 1. The van der Waals surface area contributed by atoms with Crippen LogP contribution in [0.1, 0.15) is 12.0 Å². The van der Waals surface area contributed by atoms with Gasteiger partial charge in [0.1, 0.15) is 0 Å². The topological polar surface area (TPSA) is 26.0 Å². The van der Waals surface area contributed by atoms with E-state index in [0.717, 1.165) is 0 Å². The predicted octanol–water partition coefficient (Wildman–Crippen LogP) is 1.63. The van der Waals surface area contributed by atoms with Crippen molar-refractivity contribution in [3.8, 4) is 0 Å². The molecule has 0 atom stereocenters. The number of nitrogens with two attached hydrogens (primary N) is 1. The monoisotopic (exact) mass is 132 g/mol. The van der Waals surface area contributed by atoms with E-state index in [0.29, 0.717) is 6.42 Å². The van der Waals surface area contributed by atoms with Crippen molar-refractivity contribution in [1.29, 1.82) is 0 Å². The van der Waals surface area contributed by atoms with Crippen LogP contribution in [0, 0.1) is 13.0 Å². The molecule has 0 unspecified atom stereocenters. The first-order valence-electron chi connectivity index (χ1n) is 3.25. The van der Waals surface area contributed by atoms with Gasteiger partial charge in [-0.05, 0) is 18.4 Å². The summed E-state index contributed by atoms with van der Waals surface area (Å²) in [6, 6.07) is 10.1. The van der Waals surface area contributed by atoms with Crippen molar-refractivity contribution in [1.82, 2.24) is 0 Å². The highest BCUT2D eigenvalue weighted by molar-refractivity contribution is 5.22. The molecule has 0 aliphatic rings. The fourth-order valence-corrected chi connectivity index (χ4v) is 0.766. The highest BCUT2D eigenvalue weighted by Crippen LogP contribution is 2.03. The van der Waals surface area contributed by atoms with Gasteiger partial charge in [0, 0.05) is 0 Å². The second-order valence-electron chi connectivity index (χ2n) is 2.02. The smallest absolute Gasteiger partial charge is 0.0563 e. The Bertz CT molecular complexity index is 169. The lowest BCUT2D eigenvalue weighted by Gasteiger charge is -1.95. The van der Waals surface area contributed by atoms with Gasteiger partial charge < -0.3 is 5.73 Å². The van der Waals surface area contributed by atoms with E-state index < -0.39 is 0 Å². The van der Waals surface area contributed by atoms with E-state index >= 15 is 0 Å². The van der Waals surface area contributed by atoms with Crippen molar-refractivity contribution in [2.24, 2.45) is 5.73 Å². The fraction of sp³-hybridized carbons (Fsp3) is 0.111. The summed E-state index contributed by atoms with van der Waals surface area (Å²) in [4.78, 5) is 0. The summed E-state index contributed by atoms with van der Waals surface area (Å²) in [5, 5.41) is 0. The molecule has 1 aromatic rings. The zero-order valence-electron chi connectivity index (χ0n) is 5.75. The molecule has 51 valence electrons.